The zero-order valence-corrected chi connectivity index (χ0v) is 15.1. The minimum absolute atomic E-state index is 0.0429. The molecule has 3 aromatic rings. The highest BCUT2D eigenvalue weighted by molar-refractivity contribution is 6.33. The van der Waals surface area contributed by atoms with E-state index in [9.17, 15) is 19.3 Å². The van der Waals surface area contributed by atoms with Crippen LogP contribution in [0.25, 0.3) is 0 Å². The first kappa shape index (κ1) is 18.5. The monoisotopic (exact) mass is 392 g/mol. The van der Waals surface area contributed by atoms with Crippen LogP contribution < -0.4 is 5.32 Å². The Balaban J connectivity index is 1.81. The summed E-state index contributed by atoms with van der Waals surface area (Å²) in [7, 11) is 1.50. The van der Waals surface area contributed by atoms with Crippen LogP contribution >= 0.6 is 11.6 Å². The highest BCUT2D eigenvalue weighted by atomic mass is 35.5. The summed E-state index contributed by atoms with van der Waals surface area (Å²) in [5.41, 5.74) is 0.323. The van der Waals surface area contributed by atoms with Crippen molar-refractivity contribution in [1.82, 2.24) is 19.6 Å². The van der Waals surface area contributed by atoms with Crippen LogP contribution in [0.1, 0.15) is 21.7 Å². The van der Waals surface area contributed by atoms with Gasteiger partial charge < -0.3 is 5.32 Å². The molecular formula is C16H14ClFN6O3. The normalized spacial score (nSPS) is 10.8. The molecule has 27 heavy (non-hydrogen) atoms. The van der Waals surface area contributed by atoms with Crippen LogP contribution in [0.2, 0.25) is 5.02 Å². The van der Waals surface area contributed by atoms with Gasteiger partial charge in [-0.15, -0.1) is 0 Å². The van der Waals surface area contributed by atoms with E-state index in [0.29, 0.717) is 6.54 Å². The van der Waals surface area contributed by atoms with Crippen molar-refractivity contribution in [2.75, 3.05) is 5.32 Å². The van der Waals surface area contributed by atoms with Crippen LogP contribution in [-0.4, -0.2) is 30.4 Å². The fourth-order valence-electron chi connectivity index (χ4n) is 2.47. The average molecular weight is 393 g/mol. The molecule has 1 aromatic carbocycles. The first-order valence-corrected chi connectivity index (χ1v) is 8.10. The molecule has 0 unspecified atom stereocenters. The molecule has 2 heterocycles. The number of halogens is 2. The summed E-state index contributed by atoms with van der Waals surface area (Å²) in [6, 6.07) is 5.85. The van der Waals surface area contributed by atoms with Crippen LogP contribution in [0.5, 0.6) is 0 Å². The SMILES string of the molecule is Cc1c([N+](=O)[O-])c(C(=O)Nc2nn(Cc3ccc(F)cc3)cc2Cl)nn1C. The number of carbonyl (C=O) groups is 1. The van der Waals surface area contributed by atoms with Crippen molar-refractivity contribution in [2.24, 2.45) is 7.05 Å². The molecule has 0 aliphatic carbocycles. The molecule has 0 fully saturated rings. The second-order valence-electron chi connectivity index (χ2n) is 5.77. The lowest BCUT2D eigenvalue weighted by atomic mass is 10.2. The quantitative estimate of drug-likeness (QED) is 0.530. The number of hydrogen-bond acceptors (Lipinski definition) is 5. The van der Waals surface area contributed by atoms with Gasteiger partial charge in [0.05, 0.1) is 11.5 Å². The molecule has 1 amide bonds. The Morgan fingerprint density at radius 1 is 1.33 bits per heavy atom. The Labute approximate surface area is 157 Å². The van der Waals surface area contributed by atoms with Crippen LogP contribution in [0, 0.1) is 22.9 Å². The van der Waals surface area contributed by atoms with Crippen LogP contribution in [0.3, 0.4) is 0 Å². The minimum atomic E-state index is -0.792. The molecule has 11 heteroatoms. The number of benzene rings is 1. The number of aryl methyl sites for hydroxylation is 1. The molecule has 140 valence electrons. The van der Waals surface area contributed by atoms with Crippen molar-refractivity contribution in [3.8, 4) is 0 Å². The van der Waals surface area contributed by atoms with E-state index in [1.807, 2.05) is 0 Å². The van der Waals surface area contributed by atoms with E-state index in [2.05, 4.69) is 15.5 Å². The van der Waals surface area contributed by atoms with Crippen molar-refractivity contribution in [1.29, 1.82) is 0 Å². The van der Waals surface area contributed by atoms with Crippen molar-refractivity contribution < 1.29 is 14.1 Å². The van der Waals surface area contributed by atoms with E-state index in [4.69, 9.17) is 11.6 Å². The van der Waals surface area contributed by atoms with E-state index in [-0.39, 0.29) is 33.7 Å². The van der Waals surface area contributed by atoms with Gasteiger partial charge in [-0.2, -0.15) is 10.2 Å². The summed E-state index contributed by atoms with van der Waals surface area (Å²) in [5, 5.41) is 21.8. The van der Waals surface area contributed by atoms with E-state index in [1.165, 1.54) is 41.7 Å². The van der Waals surface area contributed by atoms with E-state index in [1.54, 1.807) is 12.1 Å². The van der Waals surface area contributed by atoms with Crippen LogP contribution in [-0.2, 0) is 13.6 Å². The molecule has 1 N–H and O–H groups in total. The maximum atomic E-state index is 13.0. The molecule has 9 nitrogen and oxygen atoms in total. The van der Waals surface area contributed by atoms with Gasteiger partial charge in [-0.3, -0.25) is 24.3 Å². The molecular weight excluding hydrogens is 379 g/mol. The van der Waals surface area contributed by atoms with Gasteiger partial charge in [0, 0.05) is 13.2 Å². The van der Waals surface area contributed by atoms with Gasteiger partial charge in [-0.1, -0.05) is 23.7 Å². The van der Waals surface area contributed by atoms with Gasteiger partial charge in [0.1, 0.15) is 16.5 Å². The number of carbonyl (C=O) groups excluding carboxylic acids is 1. The lowest BCUT2D eigenvalue weighted by molar-refractivity contribution is -0.385. The third-order valence-corrected chi connectivity index (χ3v) is 4.18. The predicted octanol–water partition coefficient (Wildman–Crippen LogP) is 2.93. The second-order valence-corrected chi connectivity index (χ2v) is 6.17. The van der Waals surface area contributed by atoms with Crippen molar-refractivity contribution in [3.05, 3.63) is 68.4 Å². The number of anilines is 1. The van der Waals surface area contributed by atoms with Crippen LogP contribution in [0.4, 0.5) is 15.9 Å². The number of rotatable bonds is 5. The molecule has 0 aliphatic heterocycles. The Morgan fingerprint density at radius 3 is 2.63 bits per heavy atom. The van der Waals surface area contributed by atoms with E-state index >= 15 is 0 Å². The highest BCUT2D eigenvalue weighted by Gasteiger charge is 2.29. The maximum Gasteiger partial charge on any atom is 0.322 e. The fourth-order valence-corrected chi connectivity index (χ4v) is 2.67. The topological polar surface area (TPSA) is 108 Å². The first-order valence-electron chi connectivity index (χ1n) is 7.73. The maximum absolute atomic E-state index is 13.0. The van der Waals surface area contributed by atoms with Crippen molar-refractivity contribution in [3.63, 3.8) is 0 Å². The minimum Gasteiger partial charge on any atom is -0.302 e. The Bertz CT molecular complexity index is 1030. The van der Waals surface area contributed by atoms with Gasteiger partial charge in [-0.05, 0) is 24.6 Å². The van der Waals surface area contributed by atoms with Crippen molar-refractivity contribution in [2.45, 2.75) is 13.5 Å². The third-order valence-electron chi connectivity index (χ3n) is 3.91. The molecule has 0 saturated carbocycles. The summed E-state index contributed by atoms with van der Waals surface area (Å²) in [4.78, 5) is 23.0. The molecule has 0 bridgehead atoms. The zero-order chi connectivity index (χ0) is 19.7. The molecule has 3 rings (SSSR count). The van der Waals surface area contributed by atoms with Gasteiger partial charge in [0.2, 0.25) is 5.69 Å². The summed E-state index contributed by atoms with van der Waals surface area (Å²) in [6.07, 6.45) is 1.48. The van der Waals surface area contributed by atoms with Crippen LogP contribution in [0.15, 0.2) is 30.5 Å². The summed E-state index contributed by atoms with van der Waals surface area (Å²) >= 11 is 6.09. The zero-order valence-electron chi connectivity index (χ0n) is 14.3. The van der Waals surface area contributed by atoms with Crippen molar-refractivity contribution >= 4 is 29.0 Å². The van der Waals surface area contributed by atoms with Gasteiger partial charge in [0.15, 0.2) is 5.82 Å². The molecule has 0 atom stereocenters. The Hall–Kier alpha value is -3.27. The smallest absolute Gasteiger partial charge is 0.302 e. The van der Waals surface area contributed by atoms with Gasteiger partial charge >= 0.3 is 5.69 Å². The standard InChI is InChI=1S/C16H14ClFN6O3/c1-9-14(24(26)27)13(20-22(9)2)16(25)19-15-12(17)8-23(21-15)7-10-3-5-11(18)6-4-10/h3-6,8H,7H2,1-2H3,(H,19,21,25). The number of aromatic nitrogens is 4. The second kappa shape index (κ2) is 7.16. The number of amides is 1. The largest absolute Gasteiger partial charge is 0.322 e. The van der Waals surface area contributed by atoms with E-state index < -0.39 is 10.8 Å². The number of hydrogen-bond donors (Lipinski definition) is 1. The first-order chi connectivity index (χ1) is 12.8. The number of nitro groups is 1. The molecule has 2 aromatic heterocycles. The molecule has 0 radical (unpaired) electrons. The summed E-state index contributed by atoms with van der Waals surface area (Å²) in [6.45, 7) is 1.80. The van der Waals surface area contributed by atoms with E-state index in [0.717, 1.165) is 5.56 Å². The van der Waals surface area contributed by atoms with Gasteiger partial charge in [-0.25, -0.2) is 4.39 Å². The fraction of sp³-hybridized carbons (Fsp3) is 0.188. The Kier molecular flexibility index (Phi) is 4.91. The summed E-state index contributed by atoms with van der Waals surface area (Å²) < 4.78 is 15.7. The highest BCUT2D eigenvalue weighted by Crippen LogP contribution is 2.25. The third kappa shape index (κ3) is 3.80. The molecule has 0 saturated heterocycles. The molecule has 0 aliphatic rings. The predicted molar refractivity (Wildman–Crippen MR) is 95.3 cm³/mol. The number of nitrogens with zero attached hydrogens (tertiary/aromatic N) is 5. The Morgan fingerprint density at radius 2 is 2.00 bits per heavy atom. The average Bonchev–Trinajstić information content (AvgIpc) is 3.09. The molecule has 0 spiro atoms. The number of nitrogens with one attached hydrogen (secondary N) is 1. The van der Waals surface area contributed by atoms with Gasteiger partial charge in [0.25, 0.3) is 5.91 Å². The lowest BCUT2D eigenvalue weighted by Crippen LogP contribution is -2.15. The lowest BCUT2D eigenvalue weighted by Gasteiger charge is -2.02. The summed E-state index contributed by atoms with van der Waals surface area (Å²) in [5.74, 6) is -1.10.